The van der Waals surface area contributed by atoms with E-state index in [4.69, 9.17) is 21.6 Å². The number of aromatic nitrogens is 3. The van der Waals surface area contributed by atoms with Gasteiger partial charge in [0.2, 0.25) is 0 Å². The highest BCUT2D eigenvalue weighted by Gasteiger charge is 2.19. The Morgan fingerprint density at radius 1 is 1.37 bits per heavy atom. The molecule has 0 bridgehead atoms. The molecule has 3 aromatic rings. The number of aryl methyl sites for hydroxylation is 1. The van der Waals surface area contributed by atoms with E-state index < -0.39 is 18.5 Å². The van der Waals surface area contributed by atoms with Crippen molar-refractivity contribution >= 4 is 39.8 Å². The van der Waals surface area contributed by atoms with Gasteiger partial charge in [0.05, 0.1) is 16.9 Å². The predicted molar refractivity (Wildman–Crippen MR) is 99.1 cm³/mol. The number of anilines is 1. The molecule has 2 aromatic heterocycles. The van der Waals surface area contributed by atoms with Crippen molar-refractivity contribution in [1.29, 1.82) is 5.26 Å². The Bertz CT molecular complexity index is 1050. The van der Waals surface area contributed by atoms with Crippen LogP contribution in [0.2, 0.25) is 5.02 Å². The van der Waals surface area contributed by atoms with Gasteiger partial charge in [-0.3, -0.25) is 4.79 Å². The Labute approximate surface area is 162 Å². The summed E-state index contributed by atoms with van der Waals surface area (Å²) in [6.45, 7) is 1.10. The van der Waals surface area contributed by atoms with Gasteiger partial charge in [0.1, 0.15) is 11.1 Å². The maximum atomic E-state index is 12.2. The zero-order valence-corrected chi connectivity index (χ0v) is 15.5. The first-order chi connectivity index (χ1) is 13.0. The monoisotopic (exact) mass is 401 g/mol. The lowest BCUT2D eigenvalue weighted by Gasteiger charge is -2.04. The molecule has 0 aliphatic rings. The second kappa shape index (κ2) is 7.99. The first-order valence-corrected chi connectivity index (χ1v) is 8.88. The summed E-state index contributed by atoms with van der Waals surface area (Å²) in [5.41, 5.74) is 1.28. The van der Waals surface area contributed by atoms with Gasteiger partial charge in [0.25, 0.3) is 5.91 Å². The number of benzene rings is 1. The molecular formula is C17H12ClN5O3S. The number of rotatable bonds is 5. The minimum absolute atomic E-state index is 0.00314. The number of nitrogens with zero attached hydrogens (tertiary/aromatic N) is 4. The highest BCUT2D eigenvalue weighted by molar-refractivity contribution is 7.14. The summed E-state index contributed by atoms with van der Waals surface area (Å²) in [5.74, 6) is -1.33. The molecular weight excluding hydrogens is 390 g/mol. The highest BCUT2D eigenvalue weighted by Crippen LogP contribution is 2.22. The van der Waals surface area contributed by atoms with Crippen molar-refractivity contribution in [3.63, 3.8) is 0 Å². The molecule has 2 heterocycles. The lowest BCUT2D eigenvalue weighted by atomic mass is 10.3. The number of hydrogen-bond acceptors (Lipinski definition) is 7. The van der Waals surface area contributed by atoms with Gasteiger partial charge in [-0.15, -0.1) is 16.4 Å². The van der Waals surface area contributed by atoms with Gasteiger partial charge >= 0.3 is 5.97 Å². The average Bonchev–Trinajstić information content (AvgIpc) is 3.26. The summed E-state index contributed by atoms with van der Waals surface area (Å²) in [7, 11) is 0. The Balaban J connectivity index is 1.65. The number of nitriles is 1. The van der Waals surface area contributed by atoms with E-state index in [9.17, 15) is 9.59 Å². The van der Waals surface area contributed by atoms with E-state index in [-0.39, 0.29) is 5.69 Å². The number of esters is 1. The standard InChI is InChI=1S/C17H12ClN5O3S/c1-10-15(22-23(21-10)13-4-2-3-12(18)7-13)17(25)26-9-14(24)20-16-11(8-19)5-6-27-16/h2-7H,9H2,1H3,(H,20,24). The zero-order valence-electron chi connectivity index (χ0n) is 14.0. The molecule has 3 rings (SSSR count). The van der Waals surface area contributed by atoms with E-state index in [1.165, 1.54) is 16.1 Å². The van der Waals surface area contributed by atoms with Crippen molar-refractivity contribution in [2.75, 3.05) is 11.9 Å². The third kappa shape index (κ3) is 4.31. The second-order valence-corrected chi connectivity index (χ2v) is 6.66. The lowest BCUT2D eigenvalue weighted by molar-refractivity contribution is -0.119. The average molecular weight is 402 g/mol. The summed E-state index contributed by atoms with van der Waals surface area (Å²) >= 11 is 7.15. The molecule has 0 fully saturated rings. The third-order valence-corrected chi connectivity index (χ3v) is 4.45. The van der Waals surface area contributed by atoms with Crippen LogP contribution in [0.25, 0.3) is 5.69 Å². The van der Waals surface area contributed by atoms with Crippen molar-refractivity contribution in [2.24, 2.45) is 0 Å². The van der Waals surface area contributed by atoms with Gasteiger partial charge in [0.15, 0.2) is 12.3 Å². The van der Waals surface area contributed by atoms with Gasteiger partial charge in [0, 0.05) is 5.02 Å². The fraction of sp³-hybridized carbons (Fsp3) is 0.118. The van der Waals surface area contributed by atoms with Gasteiger partial charge in [-0.05, 0) is 36.6 Å². The van der Waals surface area contributed by atoms with E-state index in [0.29, 0.717) is 27.0 Å². The van der Waals surface area contributed by atoms with Crippen molar-refractivity contribution in [3.8, 4) is 11.8 Å². The van der Waals surface area contributed by atoms with Crippen LogP contribution in [0.15, 0.2) is 35.7 Å². The van der Waals surface area contributed by atoms with Crippen molar-refractivity contribution in [3.05, 3.63) is 57.7 Å². The van der Waals surface area contributed by atoms with Crippen molar-refractivity contribution < 1.29 is 14.3 Å². The Morgan fingerprint density at radius 2 is 2.19 bits per heavy atom. The molecule has 0 atom stereocenters. The number of hydrogen-bond donors (Lipinski definition) is 1. The van der Waals surface area contributed by atoms with Gasteiger partial charge < -0.3 is 10.1 Å². The SMILES string of the molecule is Cc1nn(-c2cccc(Cl)c2)nc1C(=O)OCC(=O)Nc1sccc1C#N. The molecule has 136 valence electrons. The van der Waals surface area contributed by atoms with Crippen LogP contribution in [0.1, 0.15) is 21.7 Å². The second-order valence-electron chi connectivity index (χ2n) is 5.30. The van der Waals surface area contributed by atoms with E-state index >= 15 is 0 Å². The number of ether oxygens (including phenoxy) is 1. The molecule has 10 heteroatoms. The molecule has 0 radical (unpaired) electrons. The molecule has 0 aliphatic carbocycles. The van der Waals surface area contributed by atoms with Crippen LogP contribution in [0, 0.1) is 18.3 Å². The first kappa shape index (κ1) is 18.6. The molecule has 0 saturated carbocycles. The minimum atomic E-state index is -0.775. The molecule has 0 unspecified atom stereocenters. The van der Waals surface area contributed by atoms with Crippen LogP contribution in [-0.4, -0.2) is 33.5 Å². The molecule has 0 spiro atoms. The number of halogens is 1. The largest absolute Gasteiger partial charge is 0.451 e. The van der Waals surface area contributed by atoms with Crippen LogP contribution < -0.4 is 5.32 Å². The molecule has 27 heavy (non-hydrogen) atoms. The van der Waals surface area contributed by atoms with Crippen LogP contribution in [-0.2, 0) is 9.53 Å². The maximum absolute atomic E-state index is 12.2. The summed E-state index contributed by atoms with van der Waals surface area (Å²) in [4.78, 5) is 25.4. The fourth-order valence-corrected chi connectivity index (χ4v) is 3.08. The van der Waals surface area contributed by atoms with Crippen LogP contribution in [0.3, 0.4) is 0 Å². The highest BCUT2D eigenvalue weighted by atomic mass is 35.5. The number of amides is 1. The van der Waals surface area contributed by atoms with Crippen LogP contribution >= 0.6 is 22.9 Å². The maximum Gasteiger partial charge on any atom is 0.361 e. The summed E-state index contributed by atoms with van der Waals surface area (Å²) in [6, 6.07) is 10.4. The minimum Gasteiger partial charge on any atom is -0.451 e. The summed E-state index contributed by atoms with van der Waals surface area (Å²) in [6.07, 6.45) is 0. The summed E-state index contributed by atoms with van der Waals surface area (Å²) < 4.78 is 4.99. The normalized spacial score (nSPS) is 10.3. The van der Waals surface area contributed by atoms with Crippen LogP contribution in [0.4, 0.5) is 5.00 Å². The Kier molecular flexibility index (Phi) is 5.49. The van der Waals surface area contributed by atoms with E-state index in [0.717, 1.165) is 0 Å². The number of carbonyl (C=O) groups excluding carboxylic acids is 2. The number of thiophene rings is 1. The summed E-state index contributed by atoms with van der Waals surface area (Å²) in [5, 5.41) is 22.3. The van der Waals surface area contributed by atoms with Gasteiger partial charge in [-0.25, -0.2) is 4.79 Å². The molecule has 1 aromatic carbocycles. The topological polar surface area (TPSA) is 110 Å². The van der Waals surface area contributed by atoms with E-state index in [2.05, 4.69) is 15.5 Å². The molecule has 1 N–H and O–H groups in total. The van der Waals surface area contributed by atoms with E-state index in [1.807, 2.05) is 6.07 Å². The third-order valence-electron chi connectivity index (χ3n) is 3.39. The van der Waals surface area contributed by atoms with Gasteiger partial charge in [-0.1, -0.05) is 17.7 Å². The van der Waals surface area contributed by atoms with Crippen molar-refractivity contribution in [1.82, 2.24) is 15.0 Å². The van der Waals surface area contributed by atoms with E-state index in [1.54, 1.807) is 42.6 Å². The lowest BCUT2D eigenvalue weighted by Crippen LogP contribution is -2.21. The molecule has 8 nitrogen and oxygen atoms in total. The zero-order chi connectivity index (χ0) is 19.4. The molecule has 0 saturated heterocycles. The number of carbonyl (C=O) groups is 2. The Hall–Kier alpha value is -3.22. The van der Waals surface area contributed by atoms with Crippen LogP contribution in [0.5, 0.6) is 0 Å². The predicted octanol–water partition coefficient (Wildman–Crippen LogP) is 2.96. The Morgan fingerprint density at radius 3 is 2.93 bits per heavy atom. The first-order valence-electron chi connectivity index (χ1n) is 7.62. The van der Waals surface area contributed by atoms with Crippen molar-refractivity contribution in [2.45, 2.75) is 6.92 Å². The quantitative estimate of drug-likeness (QED) is 0.658. The smallest absolute Gasteiger partial charge is 0.361 e. The number of nitrogens with one attached hydrogen (secondary N) is 1. The van der Waals surface area contributed by atoms with Gasteiger partial charge in [-0.2, -0.15) is 15.2 Å². The molecule has 0 aliphatic heterocycles. The molecule has 1 amide bonds. The fourth-order valence-electron chi connectivity index (χ4n) is 2.14.